The Balaban J connectivity index is 1.31. The topological polar surface area (TPSA) is 60.6 Å². The molecule has 0 unspecified atom stereocenters. The molecule has 0 saturated carbocycles. The van der Waals surface area contributed by atoms with Gasteiger partial charge in [0, 0.05) is 31.1 Å². The van der Waals surface area contributed by atoms with Crippen LogP contribution < -0.4 is 4.74 Å². The van der Waals surface area contributed by atoms with Gasteiger partial charge in [-0.05, 0) is 62.9 Å². The smallest absolute Gasteiger partial charge is 0.229 e. The van der Waals surface area contributed by atoms with Crippen LogP contribution in [0.3, 0.4) is 0 Å². The monoisotopic (exact) mass is 399 g/mol. The first-order chi connectivity index (χ1) is 14.2. The Morgan fingerprint density at radius 3 is 2.55 bits per heavy atom. The summed E-state index contributed by atoms with van der Waals surface area (Å²) in [6.45, 7) is 9.83. The number of nitrogens with zero attached hydrogens (tertiary/aromatic N) is 3. The lowest BCUT2D eigenvalue weighted by Crippen LogP contribution is -2.41. The molecule has 4 rings (SSSR count). The molecule has 2 saturated heterocycles. The molecule has 6 heteroatoms. The van der Waals surface area contributed by atoms with E-state index in [1.54, 1.807) is 0 Å². The van der Waals surface area contributed by atoms with Gasteiger partial charge in [0.25, 0.3) is 0 Å². The van der Waals surface area contributed by atoms with Crippen LogP contribution in [0.1, 0.15) is 69.1 Å². The Hall–Kier alpha value is -1.92. The largest absolute Gasteiger partial charge is 0.494 e. The zero-order valence-corrected chi connectivity index (χ0v) is 17.7. The van der Waals surface area contributed by atoms with Crippen molar-refractivity contribution in [2.75, 3.05) is 32.9 Å². The van der Waals surface area contributed by atoms with Gasteiger partial charge >= 0.3 is 0 Å². The molecular formula is C23H33N3O3. The lowest BCUT2D eigenvalue weighted by atomic mass is 9.79. The zero-order valence-electron chi connectivity index (χ0n) is 17.7. The van der Waals surface area contributed by atoms with Crippen LogP contribution in [0.25, 0.3) is 0 Å². The second-order valence-corrected chi connectivity index (χ2v) is 8.67. The highest BCUT2D eigenvalue weighted by Gasteiger charge is 2.36. The van der Waals surface area contributed by atoms with Crippen molar-refractivity contribution < 1.29 is 14.0 Å². The van der Waals surface area contributed by atoms with Crippen molar-refractivity contribution in [2.24, 2.45) is 0 Å². The van der Waals surface area contributed by atoms with E-state index in [2.05, 4.69) is 48.2 Å². The van der Waals surface area contributed by atoms with Gasteiger partial charge in [-0.2, -0.15) is 4.98 Å². The van der Waals surface area contributed by atoms with Crippen molar-refractivity contribution in [3.63, 3.8) is 0 Å². The third kappa shape index (κ3) is 4.98. The maximum Gasteiger partial charge on any atom is 0.229 e. The molecule has 0 radical (unpaired) electrons. The van der Waals surface area contributed by atoms with Crippen molar-refractivity contribution in [3.8, 4) is 5.75 Å². The van der Waals surface area contributed by atoms with Crippen molar-refractivity contribution in [3.05, 3.63) is 41.5 Å². The first-order valence-corrected chi connectivity index (χ1v) is 11.0. The summed E-state index contributed by atoms with van der Waals surface area (Å²) in [5.41, 5.74) is 1.33. The number of rotatable bonds is 7. The molecule has 1 aromatic carbocycles. The van der Waals surface area contributed by atoms with E-state index in [-0.39, 0.29) is 5.41 Å². The molecule has 158 valence electrons. The van der Waals surface area contributed by atoms with Crippen molar-refractivity contribution >= 4 is 0 Å². The molecule has 0 amide bonds. The zero-order chi connectivity index (χ0) is 20.1. The molecule has 1 aromatic heterocycles. The maximum atomic E-state index is 5.68. The summed E-state index contributed by atoms with van der Waals surface area (Å²) in [4.78, 5) is 7.32. The third-order valence-electron chi connectivity index (χ3n) is 6.31. The first kappa shape index (κ1) is 20.4. The molecule has 29 heavy (non-hydrogen) atoms. The van der Waals surface area contributed by atoms with Gasteiger partial charge in [0.05, 0.1) is 6.61 Å². The Morgan fingerprint density at radius 2 is 1.86 bits per heavy atom. The highest BCUT2D eigenvalue weighted by Crippen LogP contribution is 2.35. The number of benzene rings is 1. The fourth-order valence-electron chi connectivity index (χ4n) is 4.19. The average Bonchev–Trinajstić information content (AvgIpc) is 3.27. The van der Waals surface area contributed by atoms with Gasteiger partial charge < -0.3 is 14.0 Å². The number of piperidine rings is 1. The minimum atomic E-state index is 0.00126. The summed E-state index contributed by atoms with van der Waals surface area (Å²) >= 11 is 0. The summed E-state index contributed by atoms with van der Waals surface area (Å²) in [5, 5.41) is 4.37. The van der Waals surface area contributed by atoms with E-state index in [4.69, 9.17) is 19.0 Å². The van der Waals surface area contributed by atoms with Crippen molar-refractivity contribution in [1.82, 2.24) is 15.0 Å². The van der Waals surface area contributed by atoms with Crippen molar-refractivity contribution in [2.45, 2.75) is 63.8 Å². The van der Waals surface area contributed by atoms with Gasteiger partial charge in [-0.15, -0.1) is 0 Å². The van der Waals surface area contributed by atoms with E-state index in [0.29, 0.717) is 5.92 Å². The third-order valence-corrected chi connectivity index (χ3v) is 6.31. The highest BCUT2D eigenvalue weighted by atomic mass is 16.5. The first-order valence-electron chi connectivity index (χ1n) is 11.0. The van der Waals surface area contributed by atoms with E-state index < -0.39 is 0 Å². The molecule has 2 aliphatic heterocycles. The fourth-order valence-corrected chi connectivity index (χ4v) is 4.19. The van der Waals surface area contributed by atoms with E-state index in [1.807, 2.05) is 0 Å². The van der Waals surface area contributed by atoms with E-state index >= 15 is 0 Å². The maximum absolute atomic E-state index is 5.68. The number of hydrogen-bond acceptors (Lipinski definition) is 6. The van der Waals surface area contributed by atoms with Crippen LogP contribution in [-0.4, -0.2) is 48.0 Å². The number of aromatic nitrogens is 2. The quantitative estimate of drug-likeness (QED) is 0.692. The van der Waals surface area contributed by atoms with Crippen LogP contribution in [0.4, 0.5) is 0 Å². The van der Waals surface area contributed by atoms with E-state index in [9.17, 15) is 0 Å². The lowest BCUT2D eigenvalue weighted by Gasteiger charge is -2.37. The summed E-state index contributed by atoms with van der Waals surface area (Å²) < 4.78 is 16.8. The summed E-state index contributed by atoms with van der Waals surface area (Å²) in [6.07, 6.45) is 5.10. The molecule has 6 nitrogen and oxygen atoms in total. The molecule has 0 spiro atoms. The predicted octanol–water partition coefficient (Wildman–Crippen LogP) is 4.31. The predicted molar refractivity (Wildman–Crippen MR) is 111 cm³/mol. The Labute approximate surface area is 173 Å². The SMILES string of the molecule is CCCOc1ccc(CN2CCC(C)(c3noc(C4CCOCC4)n3)CC2)cc1. The second kappa shape index (κ2) is 9.26. The summed E-state index contributed by atoms with van der Waals surface area (Å²) in [5.74, 6) is 3.01. The molecular weight excluding hydrogens is 366 g/mol. The van der Waals surface area contributed by atoms with Crippen LogP contribution in [0.15, 0.2) is 28.8 Å². The van der Waals surface area contributed by atoms with E-state index in [1.165, 1.54) is 5.56 Å². The average molecular weight is 400 g/mol. The van der Waals surface area contributed by atoms with Crippen LogP contribution in [-0.2, 0) is 16.7 Å². The highest BCUT2D eigenvalue weighted by molar-refractivity contribution is 5.27. The molecule has 0 atom stereocenters. The Kier molecular flexibility index (Phi) is 6.50. The molecule has 3 heterocycles. The van der Waals surface area contributed by atoms with Gasteiger partial charge in [0.2, 0.25) is 5.89 Å². The lowest BCUT2D eigenvalue weighted by molar-refractivity contribution is 0.0778. The van der Waals surface area contributed by atoms with Crippen LogP contribution in [0.5, 0.6) is 5.75 Å². The normalized spacial score (nSPS) is 20.6. The summed E-state index contributed by atoms with van der Waals surface area (Å²) in [7, 11) is 0. The van der Waals surface area contributed by atoms with Crippen LogP contribution in [0, 0.1) is 0 Å². The number of ether oxygens (including phenoxy) is 2. The molecule has 2 aromatic rings. The minimum Gasteiger partial charge on any atom is -0.494 e. The van der Waals surface area contributed by atoms with Gasteiger partial charge in [0.15, 0.2) is 5.82 Å². The molecule has 0 bridgehead atoms. The van der Waals surface area contributed by atoms with Crippen LogP contribution in [0.2, 0.25) is 0 Å². The Bertz CT molecular complexity index is 760. The van der Waals surface area contributed by atoms with Crippen molar-refractivity contribution in [1.29, 1.82) is 0 Å². The van der Waals surface area contributed by atoms with Gasteiger partial charge in [-0.1, -0.05) is 31.1 Å². The molecule has 0 aliphatic carbocycles. The summed E-state index contributed by atoms with van der Waals surface area (Å²) in [6, 6.07) is 8.52. The van der Waals surface area contributed by atoms with Gasteiger partial charge in [-0.25, -0.2) is 0 Å². The van der Waals surface area contributed by atoms with Crippen LogP contribution >= 0.6 is 0 Å². The van der Waals surface area contributed by atoms with Gasteiger partial charge in [-0.3, -0.25) is 4.90 Å². The minimum absolute atomic E-state index is 0.00126. The standard InChI is InChI=1S/C23H33N3O3/c1-3-14-28-20-6-4-18(5-7-20)17-26-12-10-23(2,11-13-26)22-24-21(29-25-22)19-8-15-27-16-9-19/h4-7,19H,3,8-17H2,1-2H3. The number of likely N-dealkylation sites (tertiary alicyclic amines) is 1. The van der Waals surface area contributed by atoms with Gasteiger partial charge in [0.1, 0.15) is 5.75 Å². The fraction of sp³-hybridized carbons (Fsp3) is 0.652. The molecule has 2 aliphatic rings. The number of hydrogen-bond donors (Lipinski definition) is 0. The second-order valence-electron chi connectivity index (χ2n) is 8.67. The molecule has 0 N–H and O–H groups in total. The molecule has 2 fully saturated rings. The Morgan fingerprint density at radius 1 is 1.14 bits per heavy atom. The van der Waals surface area contributed by atoms with E-state index in [0.717, 1.165) is 89.0 Å².